The lowest BCUT2D eigenvalue weighted by atomic mass is 10.3. The van der Waals surface area contributed by atoms with Crippen LogP contribution in [0.2, 0.25) is 0 Å². The number of fused-ring (bicyclic) bond motifs is 1. The van der Waals surface area contributed by atoms with E-state index in [0.29, 0.717) is 20.2 Å². The first-order valence-electron chi connectivity index (χ1n) is 3.61. The van der Waals surface area contributed by atoms with Crippen molar-refractivity contribution in [3.05, 3.63) is 28.9 Å². The Bertz CT molecular complexity index is 439. The summed E-state index contributed by atoms with van der Waals surface area (Å²) in [7, 11) is 0. The number of rotatable bonds is 1. The molecule has 2 nitrogen and oxygen atoms in total. The van der Waals surface area contributed by atoms with Crippen LogP contribution in [-0.2, 0) is 0 Å². The molecule has 1 aromatic carbocycles. The zero-order valence-electron chi connectivity index (χ0n) is 6.42. The average molecular weight is 247 g/mol. The molecule has 0 aliphatic heterocycles. The molecule has 1 heterocycles. The predicted octanol–water partition coefficient (Wildman–Crippen LogP) is 3.19. The molecule has 1 aromatic heterocycles. The highest BCUT2D eigenvalue weighted by Crippen LogP contribution is 2.26. The van der Waals surface area contributed by atoms with Crippen molar-refractivity contribution in [2.75, 3.05) is 0 Å². The molecular formula is C8H5BrF2N2. The highest BCUT2D eigenvalue weighted by molar-refractivity contribution is 9.10. The van der Waals surface area contributed by atoms with Crippen molar-refractivity contribution in [2.24, 2.45) is 0 Å². The summed E-state index contributed by atoms with van der Waals surface area (Å²) < 4.78 is 25.9. The Labute approximate surface area is 81.3 Å². The summed E-state index contributed by atoms with van der Waals surface area (Å²) in [5.74, 6) is 0. The van der Waals surface area contributed by atoms with Gasteiger partial charge in [0, 0.05) is 5.39 Å². The second-order valence-corrected chi connectivity index (χ2v) is 3.28. The van der Waals surface area contributed by atoms with E-state index >= 15 is 0 Å². The Morgan fingerprint density at radius 1 is 1.31 bits per heavy atom. The molecule has 2 rings (SSSR count). The predicted molar refractivity (Wildman–Crippen MR) is 48.7 cm³/mol. The van der Waals surface area contributed by atoms with E-state index in [0.717, 1.165) is 0 Å². The van der Waals surface area contributed by atoms with Gasteiger partial charge in [-0.1, -0.05) is 18.2 Å². The summed E-state index contributed by atoms with van der Waals surface area (Å²) in [6.45, 7) is -2.60. The highest BCUT2D eigenvalue weighted by Gasteiger charge is 2.13. The van der Waals surface area contributed by atoms with Gasteiger partial charge in [0.2, 0.25) is 0 Å². The molecule has 0 saturated heterocycles. The Morgan fingerprint density at radius 3 is 2.69 bits per heavy atom. The molecule has 0 aliphatic carbocycles. The van der Waals surface area contributed by atoms with Gasteiger partial charge in [-0.05, 0) is 22.0 Å². The van der Waals surface area contributed by atoms with Gasteiger partial charge < -0.3 is 0 Å². The minimum Gasteiger partial charge on any atom is -0.203 e. The van der Waals surface area contributed by atoms with E-state index in [-0.39, 0.29) is 0 Å². The number of nitrogens with zero attached hydrogens (tertiary/aromatic N) is 2. The first-order chi connectivity index (χ1) is 6.20. The fraction of sp³-hybridized carbons (Fsp3) is 0.125. The van der Waals surface area contributed by atoms with E-state index in [9.17, 15) is 8.78 Å². The SMILES string of the molecule is FC(F)n1nc(Br)c2ccccc21. The largest absolute Gasteiger partial charge is 0.333 e. The van der Waals surface area contributed by atoms with E-state index in [2.05, 4.69) is 21.0 Å². The molecule has 0 bridgehead atoms. The van der Waals surface area contributed by atoms with Gasteiger partial charge in [0.1, 0.15) is 4.60 Å². The molecule has 0 N–H and O–H groups in total. The van der Waals surface area contributed by atoms with Crippen LogP contribution in [0.3, 0.4) is 0 Å². The van der Waals surface area contributed by atoms with Crippen molar-refractivity contribution >= 4 is 26.8 Å². The maximum atomic E-state index is 12.4. The number of alkyl halides is 2. The van der Waals surface area contributed by atoms with Crippen LogP contribution in [0.15, 0.2) is 28.9 Å². The Kier molecular flexibility index (Phi) is 2.03. The van der Waals surface area contributed by atoms with Crippen LogP contribution in [0.25, 0.3) is 10.9 Å². The molecule has 0 radical (unpaired) electrons. The lowest BCUT2D eigenvalue weighted by molar-refractivity contribution is 0.0611. The van der Waals surface area contributed by atoms with Gasteiger partial charge in [0.25, 0.3) is 0 Å². The van der Waals surface area contributed by atoms with E-state index in [1.807, 2.05) is 0 Å². The average Bonchev–Trinajstić information content (AvgIpc) is 2.45. The fourth-order valence-electron chi connectivity index (χ4n) is 1.20. The molecule has 0 unspecified atom stereocenters. The zero-order chi connectivity index (χ0) is 9.42. The van der Waals surface area contributed by atoms with Crippen LogP contribution >= 0.6 is 15.9 Å². The van der Waals surface area contributed by atoms with Gasteiger partial charge >= 0.3 is 6.55 Å². The van der Waals surface area contributed by atoms with Crippen LogP contribution in [0.4, 0.5) is 8.78 Å². The Morgan fingerprint density at radius 2 is 2.00 bits per heavy atom. The fourth-order valence-corrected chi connectivity index (χ4v) is 1.71. The van der Waals surface area contributed by atoms with E-state index in [1.165, 1.54) is 0 Å². The first kappa shape index (κ1) is 8.62. The quantitative estimate of drug-likeness (QED) is 0.756. The number of hydrogen-bond acceptors (Lipinski definition) is 1. The minimum absolute atomic E-state index is 0.435. The number of para-hydroxylation sites is 1. The maximum Gasteiger partial charge on any atom is 0.333 e. The van der Waals surface area contributed by atoms with Crippen LogP contribution in [0.5, 0.6) is 0 Å². The Balaban J connectivity index is 2.78. The lowest BCUT2D eigenvalue weighted by Gasteiger charge is -1.98. The van der Waals surface area contributed by atoms with Crippen LogP contribution in [-0.4, -0.2) is 9.78 Å². The molecule has 5 heteroatoms. The standard InChI is InChI=1S/C8H5BrF2N2/c9-7-5-3-1-2-4-6(5)13(12-7)8(10)11/h1-4,8H. The van der Waals surface area contributed by atoms with Crippen molar-refractivity contribution in [2.45, 2.75) is 6.55 Å². The summed E-state index contributed by atoms with van der Waals surface area (Å²) in [6, 6.07) is 6.84. The summed E-state index contributed by atoms with van der Waals surface area (Å²) in [5.41, 5.74) is 0.435. The van der Waals surface area contributed by atoms with Crippen molar-refractivity contribution in [1.82, 2.24) is 9.78 Å². The summed E-state index contributed by atoms with van der Waals surface area (Å²) in [4.78, 5) is 0. The number of hydrogen-bond donors (Lipinski definition) is 0. The van der Waals surface area contributed by atoms with Gasteiger partial charge in [-0.3, -0.25) is 0 Å². The van der Waals surface area contributed by atoms with E-state index in [4.69, 9.17) is 0 Å². The normalized spacial score (nSPS) is 11.4. The third-order valence-corrected chi connectivity index (χ3v) is 2.34. The monoisotopic (exact) mass is 246 g/mol. The molecule has 0 aliphatic rings. The zero-order valence-corrected chi connectivity index (χ0v) is 8.00. The summed E-state index contributed by atoms with van der Waals surface area (Å²) in [5, 5.41) is 4.37. The van der Waals surface area contributed by atoms with Gasteiger partial charge in [-0.25, -0.2) is 4.68 Å². The third kappa shape index (κ3) is 1.33. The van der Waals surface area contributed by atoms with Crippen molar-refractivity contribution in [3.8, 4) is 0 Å². The van der Waals surface area contributed by atoms with Gasteiger partial charge in [-0.2, -0.15) is 13.9 Å². The second-order valence-electron chi connectivity index (χ2n) is 2.53. The van der Waals surface area contributed by atoms with Gasteiger partial charge in [0.05, 0.1) is 5.52 Å². The van der Waals surface area contributed by atoms with Gasteiger partial charge in [-0.15, -0.1) is 0 Å². The molecule has 0 spiro atoms. The molecule has 0 amide bonds. The van der Waals surface area contributed by atoms with Crippen molar-refractivity contribution in [3.63, 3.8) is 0 Å². The number of halogens is 3. The highest BCUT2D eigenvalue weighted by atomic mass is 79.9. The van der Waals surface area contributed by atoms with Crippen LogP contribution in [0.1, 0.15) is 6.55 Å². The third-order valence-electron chi connectivity index (χ3n) is 1.75. The van der Waals surface area contributed by atoms with Crippen LogP contribution in [0, 0.1) is 0 Å². The molecular weight excluding hydrogens is 242 g/mol. The molecule has 2 aromatic rings. The molecule has 0 fully saturated rings. The molecule has 0 atom stereocenters. The topological polar surface area (TPSA) is 17.8 Å². The Hall–Kier alpha value is -0.970. The first-order valence-corrected chi connectivity index (χ1v) is 4.40. The summed E-state index contributed by atoms with van der Waals surface area (Å²) >= 11 is 3.12. The van der Waals surface area contributed by atoms with Crippen molar-refractivity contribution < 1.29 is 8.78 Å². The van der Waals surface area contributed by atoms with E-state index < -0.39 is 6.55 Å². The van der Waals surface area contributed by atoms with Gasteiger partial charge in [0.15, 0.2) is 0 Å². The number of aromatic nitrogens is 2. The van der Waals surface area contributed by atoms with E-state index in [1.54, 1.807) is 24.3 Å². The molecule has 13 heavy (non-hydrogen) atoms. The lowest BCUT2D eigenvalue weighted by Crippen LogP contribution is -1.99. The second kappa shape index (κ2) is 3.06. The van der Waals surface area contributed by atoms with Crippen molar-refractivity contribution in [1.29, 1.82) is 0 Å². The number of benzene rings is 1. The maximum absolute atomic E-state index is 12.4. The molecule has 0 saturated carbocycles. The smallest absolute Gasteiger partial charge is 0.203 e. The summed E-state index contributed by atoms with van der Waals surface area (Å²) in [6.07, 6.45) is 0. The minimum atomic E-state index is -2.60. The van der Waals surface area contributed by atoms with Crippen LogP contribution < -0.4 is 0 Å². The molecule has 68 valence electrons.